The summed E-state index contributed by atoms with van der Waals surface area (Å²) in [6.45, 7) is 2.07. The van der Waals surface area contributed by atoms with Crippen LogP contribution in [0.3, 0.4) is 0 Å². The number of thioether (sulfide) groups is 1. The Morgan fingerprint density at radius 2 is 2.07 bits per heavy atom. The van der Waals surface area contributed by atoms with Gasteiger partial charge in [0.05, 0.1) is 0 Å². The lowest BCUT2D eigenvalue weighted by Gasteiger charge is -2.01. The van der Waals surface area contributed by atoms with Crippen molar-refractivity contribution in [3.05, 3.63) is 29.8 Å². The topological polar surface area (TPSA) is 55.1 Å². The van der Waals surface area contributed by atoms with E-state index in [-0.39, 0.29) is 5.91 Å². The lowest BCUT2D eigenvalue weighted by molar-refractivity contribution is -0.121. The van der Waals surface area contributed by atoms with Gasteiger partial charge in [0.15, 0.2) is 0 Å². The minimum Gasteiger partial charge on any atom is -0.294 e. The standard InChI is InChI=1S/C11H16N2OS/c1-9-4-6-10(7-5-9)15-8-2-3-11(14)13-12/h4-7H,2-3,8,12H2,1H3,(H,13,14). The smallest absolute Gasteiger partial charge is 0.233 e. The van der Waals surface area contributed by atoms with Crippen molar-refractivity contribution in [3.8, 4) is 0 Å². The number of hydrogen-bond acceptors (Lipinski definition) is 3. The maximum atomic E-state index is 10.8. The molecule has 1 aromatic rings. The first-order chi connectivity index (χ1) is 7.22. The van der Waals surface area contributed by atoms with Crippen molar-refractivity contribution in [2.45, 2.75) is 24.7 Å². The van der Waals surface area contributed by atoms with Crippen LogP contribution >= 0.6 is 11.8 Å². The van der Waals surface area contributed by atoms with Gasteiger partial charge >= 0.3 is 0 Å². The number of hydrogen-bond donors (Lipinski definition) is 2. The third-order valence-corrected chi connectivity index (χ3v) is 3.10. The van der Waals surface area contributed by atoms with Crippen LogP contribution in [-0.2, 0) is 4.79 Å². The van der Waals surface area contributed by atoms with Crippen molar-refractivity contribution >= 4 is 17.7 Å². The lowest BCUT2D eigenvalue weighted by atomic mass is 10.2. The van der Waals surface area contributed by atoms with E-state index in [0.717, 1.165) is 12.2 Å². The third-order valence-electron chi connectivity index (χ3n) is 2.00. The van der Waals surface area contributed by atoms with E-state index in [4.69, 9.17) is 5.84 Å². The fourth-order valence-electron chi connectivity index (χ4n) is 1.13. The van der Waals surface area contributed by atoms with Crippen molar-refractivity contribution in [2.24, 2.45) is 5.84 Å². The molecule has 1 amide bonds. The molecule has 0 saturated heterocycles. The quantitative estimate of drug-likeness (QED) is 0.264. The van der Waals surface area contributed by atoms with E-state index in [1.54, 1.807) is 11.8 Å². The minimum atomic E-state index is -0.0977. The van der Waals surface area contributed by atoms with Crippen LogP contribution in [0.2, 0.25) is 0 Å². The highest BCUT2D eigenvalue weighted by Crippen LogP contribution is 2.19. The highest BCUT2D eigenvalue weighted by molar-refractivity contribution is 7.99. The Bertz CT molecular complexity index is 311. The summed E-state index contributed by atoms with van der Waals surface area (Å²) in [6.07, 6.45) is 1.34. The summed E-state index contributed by atoms with van der Waals surface area (Å²) in [5, 5.41) is 0. The van der Waals surface area contributed by atoms with Crippen LogP contribution < -0.4 is 11.3 Å². The Balaban J connectivity index is 2.20. The molecule has 82 valence electrons. The van der Waals surface area contributed by atoms with Gasteiger partial charge in [-0.1, -0.05) is 17.7 Å². The molecule has 0 saturated carbocycles. The van der Waals surface area contributed by atoms with E-state index < -0.39 is 0 Å². The largest absolute Gasteiger partial charge is 0.294 e. The highest BCUT2D eigenvalue weighted by Gasteiger charge is 1.98. The first-order valence-electron chi connectivity index (χ1n) is 4.91. The Morgan fingerprint density at radius 1 is 1.40 bits per heavy atom. The normalized spacial score (nSPS) is 10.0. The SMILES string of the molecule is Cc1ccc(SCCCC(=O)NN)cc1. The van der Waals surface area contributed by atoms with Crippen molar-refractivity contribution in [2.75, 3.05) is 5.75 Å². The maximum absolute atomic E-state index is 10.8. The molecule has 0 fully saturated rings. The number of nitrogens with two attached hydrogens (primary N) is 1. The fourth-order valence-corrected chi connectivity index (χ4v) is 1.98. The fraction of sp³-hybridized carbons (Fsp3) is 0.364. The van der Waals surface area contributed by atoms with E-state index >= 15 is 0 Å². The maximum Gasteiger partial charge on any atom is 0.233 e. The Morgan fingerprint density at radius 3 is 2.67 bits per heavy atom. The summed E-state index contributed by atoms with van der Waals surface area (Å²) in [7, 11) is 0. The van der Waals surface area contributed by atoms with Crippen LogP contribution in [0.25, 0.3) is 0 Å². The first kappa shape index (κ1) is 12.1. The zero-order chi connectivity index (χ0) is 11.1. The van der Waals surface area contributed by atoms with E-state index in [1.165, 1.54) is 10.5 Å². The summed E-state index contributed by atoms with van der Waals surface area (Å²) < 4.78 is 0. The van der Waals surface area contributed by atoms with Gasteiger partial charge in [-0.2, -0.15) is 0 Å². The summed E-state index contributed by atoms with van der Waals surface area (Å²) in [4.78, 5) is 12.1. The van der Waals surface area contributed by atoms with Crippen LogP contribution in [0.5, 0.6) is 0 Å². The van der Waals surface area contributed by atoms with Gasteiger partial charge in [-0.3, -0.25) is 10.2 Å². The number of amides is 1. The van der Waals surface area contributed by atoms with Gasteiger partial charge in [-0.05, 0) is 31.2 Å². The molecule has 15 heavy (non-hydrogen) atoms. The van der Waals surface area contributed by atoms with E-state index in [2.05, 4.69) is 36.6 Å². The third kappa shape index (κ3) is 4.85. The number of benzene rings is 1. The Kier molecular flexibility index (Phi) is 5.21. The number of carbonyl (C=O) groups is 1. The summed E-state index contributed by atoms with van der Waals surface area (Å²) >= 11 is 1.76. The molecule has 0 radical (unpaired) electrons. The number of carbonyl (C=O) groups excluding carboxylic acids is 1. The lowest BCUT2D eigenvalue weighted by Crippen LogP contribution is -2.29. The van der Waals surface area contributed by atoms with E-state index in [1.807, 2.05) is 0 Å². The summed E-state index contributed by atoms with van der Waals surface area (Å²) in [5.74, 6) is 5.82. The van der Waals surface area contributed by atoms with Gasteiger partial charge in [-0.25, -0.2) is 5.84 Å². The zero-order valence-electron chi connectivity index (χ0n) is 8.82. The average molecular weight is 224 g/mol. The second-order valence-electron chi connectivity index (χ2n) is 3.33. The molecular formula is C11H16N2OS. The molecule has 0 aromatic heterocycles. The van der Waals surface area contributed by atoms with Crippen LogP contribution in [0.1, 0.15) is 18.4 Å². The molecule has 4 heteroatoms. The molecule has 0 aliphatic heterocycles. The molecule has 3 nitrogen and oxygen atoms in total. The molecule has 3 N–H and O–H groups in total. The monoisotopic (exact) mass is 224 g/mol. The van der Waals surface area contributed by atoms with Crippen LogP contribution in [-0.4, -0.2) is 11.7 Å². The van der Waals surface area contributed by atoms with Crippen molar-refractivity contribution in [3.63, 3.8) is 0 Å². The second kappa shape index (κ2) is 6.48. The molecule has 0 aliphatic rings. The average Bonchev–Trinajstić information content (AvgIpc) is 2.26. The van der Waals surface area contributed by atoms with Crippen molar-refractivity contribution in [1.29, 1.82) is 0 Å². The van der Waals surface area contributed by atoms with Crippen LogP contribution in [0.15, 0.2) is 29.2 Å². The van der Waals surface area contributed by atoms with Gasteiger partial charge in [0.1, 0.15) is 0 Å². The second-order valence-corrected chi connectivity index (χ2v) is 4.50. The molecule has 1 aromatic carbocycles. The number of aryl methyl sites for hydroxylation is 1. The minimum absolute atomic E-state index is 0.0977. The van der Waals surface area contributed by atoms with Crippen molar-refractivity contribution < 1.29 is 4.79 Å². The number of nitrogens with one attached hydrogen (secondary N) is 1. The number of rotatable bonds is 5. The predicted octanol–water partition coefficient (Wildman–Crippen LogP) is 1.86. The molecular weight excluding hydrogens is 208 g/mol. The summed E-state index contributed by atoms with van der Waals surface area (Å²) in [5.41, 5.74) is 3.39. The summed E-state index contributed by atoms with van der Waals surface area (Å²) in [6, 6.07) is 8.38. The molecule has 0 heterocycles. The molecule has 0 aliphatic carbocycles. The highest BCUT2D eigenvalue weighted by atomic mass is 32.2. The van der Waals surface area contributed by atoms with Crippen molar-refractivity contribution in [1.82, 2.24) is 5.43 Å². The Hall–Kier alpha value is -1.00. The zero-order valence-corrected chi connectivity index (χ0v) is 9.64. The first-order valence-corrected chi connectivity index (χ1v) is 5.90. The van der Waals surface area contributed by atoms with Gasteiger partial charge < -0.3 is 0 Å². The predicted molar refractivity (Wildman–Crippen MR) is 63.5 cm³/mol. The Labute approximate surface area is 94.4 Å². The molecule has 1 rings (SSSR count). The van der Waals surface area contributed by atoms with Gasteiger partial charge in [0.25, 0.3) is 0 Å². The molecule has 0 atom stereocenters. The van der Waals surface area contributed by atoms with Gasteiger partial charge in [0, 0.05) is 11.3 Å². The van der Waals surface area contributed by atoms with Crippen LogP contribution in [0.4, 0.5) is 0 Å². The molecule has 0 bridgehead atoms. The van der Waals surface area contributed by atoms with Crippen LogP contribution in [0, 0.1) is 6.92 Å². The molecule has 0 unspecified atom stereocenters. The van der Waals surface area contributed by atoms with Gasteiger partial charge in [-0.15, -0.1) is 11.8 Å². The molecule has 0 spiro atoms. The van der Waals surface area contributed by atoms with Gasteiger partial charge in [0.2, 0.25) is 5.91 Å². The van der Waals surface area contributed by atoms with E-state index in [0.29, 0.717) is 6.42 Å². The number of hydrazine groups is 1. The van der Waals surface area contributed by atoms with E-state index in [9.17, 15) is 4.79 Å².